The predicted molar refractivity (Wildman–Crippen MR) is 44.3 cm³/mol. The summed E-state index contributed by atoms with van der Waals surface area (Å²) in [6.45, 7) is 5.45. The maximum Gasteiger partial charge on any atom is 0.126 e. The molecule has 0 aliphatic carbocycles. The molecule has 0 aromatic heterocycles. The maximum absolute atomic E-state index is 9.44. The Labute approximate surface area is 63.0 Å². The average Bonchev–Trinajstić information content (AvgIpc) is 1.66. The Kier molecular flexibility index (Phi) is 25.8. The van der Waals surface area contributed by atoms with Gasteiger partial charge in [-0.25, -0.2) is 0 Å². The summed E-state index contributed by atoms with van der Waals surface area (Å²) in [7, 11) is 0. The summed E-state index contributed by atoms with van der Waals surface area (Å²) in [5, 5.41) is 8.07. The zero-order valence-electron chi connectivity index (χ0n) is 7.48. The molecule has 0 saturated heterocycles. The van der Waals surface area contributed by atoms with Gasteiger partial charge in [0.1, 0.15) is 5.78 Å². The Hall–Kier alpha value is -0.410. The van der Waals surface area contributed by atoms with Crippen LogP contribution >= 0.6 is 0 Å². The zero-order valence-corrected chi connectivity index (χ0v) is 7.48. The van der Waals surface area contributed by atoms with Gasteiger partial charge in [0.2, 0.25) is 0 Å². The third-order valence-electron chi connectivity index (χ3n) is 0.512. The molecule has 0 spiro atoms. The van der Waals surface area contributed by atoms with Crippen LogP contribution in [0.15, 0.2) is 0 Å². The van der Waals surface area contributed by atoms with Crippen molar-refractivity contribution in [2.45, 2.75) is 33.6 Å². The highest BCUT2D eigenvalue weighted by atomic mass is 16.2. The van der Waals surface area contributed by atoms with E-state index in [9.17, 15) is 4.79 Å². The first-order chi connectivity index (χ1) is 4.15. The average molecular weight is 150 g/mol. The number of aliphatic hydroxyl groups excluding tert-OH is 1. The molecule has 10 heavy (non-hydrogen) atoms. The number of unbranched alkanes of at least 4 members (excludes halogenated alkanes) is 1. The lowest BCUT2D eigenvalue weighted by Gasteiger charge is -1.79. The molecule has 0 unspecified atom stereocenters. The standard InChI is InChI=1S/C4H10O.C3H6O.H3N/c1-2-3-4-5;1-3(2)4;/h5H,2-4H2,1H3;1-2H3;1H3/p+1. The van der Waals surface area contributed by atoms with Gasteiger partial charge in [0, 0.05) is 6.61 Å². The minimum Gasteiger partial charge on any atom is -0.396 e. The number of aliphatic hydroxyl groups is 1. The van der Waals surface area contributed by atoms with Crippen LogP contribution in [0.4, 0.5) is 0 Å². The Morgan fingerprint density at radius 2 is 1.70 bits per heavy atom. The Balaban J connectivity index is -0.0000000910. The van der Waals surface area contributed by atoms with Crippen LogP contribution in [0, 0.1) is 0 Å². The molecule has 0 atom stereocenters. The van der Waals surface area contributed by atoms with Crippen molar-refractivity contribution < 1.29 is 9.90 Å². The van der Waals surface area contributed by atoms with Crippen molar-refractivity contribution in [2.75, 3.05) is 6.61 Å². The number of hydrogen-bond acceptors (Lipinski definition) is 2. The summed E-state index contributed by atoms with van der Waals surface area (Å²) in [6, 6.07) is 0. The van der Waals surface area contributed by atoms with Gasteiger partial charge in [0.05, 0.1) is 0 Å². The minimum absolute atomic E-state index is 0. The Bertz CT molecular complexity index is 58.6. The van der Waals surface area contributed by atoms with E-state index >= 15 is 0 Å². The monoisotopic (exact) mass is 150 g/mol. The molecular weight excluding hydrogens is 130 g/mol. The number of quaternary nitrogens is 1. The van der Waals surface area contributed by atoms with Crippen LogP contribution in [0.1, 0.15) is 33.6 Å². The van der Waals surface area contributed by atoms with Crippen LogP contribution in [-0.4, -0.2) is 17.5 Å². The molecule has 3 nitrogen and oxygen atoms in total. The molecule has 0 rings (SSSR count). The number of rotatable bonds is 2. The second kappa shape index (κ2) is 15.8. The van der Waals surface area contributed by atoms with Gasteiger partial charge in [-0.2, -0.15) is 0 Å². The van der Waals surface area contributed by atoms with E-state index in [0.29, 0.717) is 6.61 Å². The molecule has 3 heteroatoms. The van der Waals surface area contributed by atoms with Crippen molar-refractivity contribution in [3.05, 3.63) is 0 Å². The van der Waals surface area contributed by atoms with E-state index in [0.717, 1.165) is 12.8 Å². The molecule has 5 N–H and O–H groups in total. The molecule has 0 amide bonds. The molecule has 0 aromatic rings. The topological polar surface area (TPSA) is 73.8 Å². The summed E-state index contributed by atoms with van der Waals surface area (Å²) >= 11 is 0. The summed E-state index contributed by atoms with van der Waals surface area (Å²) in [5.41, 5.74) is 0. The van der Waals surface area contributed by atoms with Crippen molar-refractivity contribution in [1.29, 1.82) is 0 Å². The highest BCUT2D eigenvalue weighted by Gasteiger charge is 1.69. The van der Waals surface area contributed by atoms with Crippen molar-refractivity contribution in [1.82, 2.24) is 6.15 Å². The van der Waals surface area contributed by atoms with Crippen LogP contribution in [0.2, 0.25) is 0 Å². The molecule has 64 valence electrons. The first-order valence-corrected chi connectivity index (χ1v) is 3.23. The third kappa shape index (κ3) is 130. The second-order valence-electron chi connectivity index (χ2n) is 1.99. The summed E-state index contributed by atoms with van der Waals surface area (Å²) in [5.74, 6) is 0.167. The van der Waals surface area contributed by atoms with Gasteiger partial charge in [-0.05, 0) is 20.3 Å². The number of Topliss-reactive ketones (excluding diaryl/α,β-unsaturated/α-hetero) is 1. The van der Waals surface area contributed by atoms with Crippen LogP contribution in [-0.2, 0) is 4.79 Å². The van der Waals surface area contributed by atoms with Gasteiger partial charge in [0.25, 0.3) is 0 Å². The normalized spacial score (nSPS) is 6.80. The van der Waals surface area contributed by atoms with Gasteiger partial charge in [0.15, 0.2) is 0 Å². The molecule has 0 bridgehead atoms. The lowest BCUT2D eigenvalue weighted by atomic mass is 10.4. The van der Waals surface area contributed by atoms with Crippen molar-refractivity contribution in [2.24, 2.45) is 0 Å². The van der Waals surface area contributed by atoms with Crippen molar-refractivity contribution >= 4 is 5.78 Å². The van der Waals surface area contributed by atoms with E-state index in [1.54, 1.807) is 0 Å². The molecule has 0 heterocycles. The van der Waals surface area contributed by atoms with E-state index in [1.165, 1.54) is 13.8 Å². The first kappa shape index (κ1) is 16.3. The third-order valence-corrected chi connectivity index (χ3v) is 0.512. The first-order valence-electron chi connectivity index (χ1n) is 3.23. The van der Waals surface area contributed by atoms with Gasteiger partial charge >= 0.3 is 0 Å². The Morgan fingerprint density at radius 3 is 1.70 bits per heavy atom. The molecular formula is C7H20NO2+. The lowest BCUT2D eigenvalue weighted by Crippen LogP contribution is -1.75. The molecule has 0 fully saturated rings. The predicted octanol–water partition coefficient (Wildman–Crippen LogP) is 1.75. The number of ketones is 1. The summed E-state index contributed by atoms with van der Waals surface area (Å²) in [6.07, 6.45) is 2.04. The van der Waals surface area contributed by atoms with Crippen LogP contribution in [0.25, 0.3) is 0 Å². The number of carbonyl (C=O) groups is 1. The second-order valence-corrected chi connectivity index (χ2v) is 1.99. The van der Waals surface area contributed by atoms with E-state index < -0.39 is 0 Å². The lowest BCUT2D eigenvalue weighted by molar-refractivity contribution is -0.114. The van der Waals surface area contributed by atoms with Crippen LogP contribution in [0.3, 0.4) is 0 Å². The molecule has 0 aromatic carbocycles. The zero-order chi connectivity index (χ0) is 7.70. The van der Waals surface area contributed by atoms with Gasteiger partial charge in [-0.1, -0.05) is 13.3 Å². The van der Waals surface area contributed by atoms with Crippen LogP contribution in [0.5, 0.6) is 0 Å². The van der Waals surface area contributed by atoms with Gasteiger partial charge in [-0.3, -0.25) is 0 Å². The molecule has 0 saturated carbocycles. The maximum atomic E-state index is 9.44. The molecule has 0 radical (unpaired) electrons. The fourth-order valence-corrected chi connectivity index (χ4v) is 0.158. The molecule has 0 aliphatic rings. The van der Waals surface area contributed by atoms with E-state index in [-0.39, 0.29) is 11.9 Å². The largest absolute Gasteiger partial charge is 0.396 e. The summed E-state index contributed by atoms with van der Waals surface area (Å²) in [4.78, 5) is 9.44. The van der Waals surface area contributed by atoms with E-state index in [2.05, 4.69) is 6.92 Å². The van der Waals surface area contributed by atoms with Gasteiger partial charge < -0.3 is 16.1 Å². The SMILES string of the molecule is CC(C)=O.CCCCO.[NH4+]. The fourth-order valence-electron chi connectivity index (χ4n) is 0.158. The summed E-state index contributed by atoms with van der Waals surface area (Å²) < 4.78 is 0. The number of carbonyl (C=O) groups excluding carboxylic acids is 1. The quantitative estimate of drug-likeness (QED) is 0.629. The van der Waals surface area contributed by atoms with Gasteiger partial charge in [-0.15, -0.1) is 0 Å². The van der Waals surface area contributed by atoms with Crippen LogP contribution < -0.4 is 6.15 Å². The minimum atomic E-state index is 0. The van der Waals surface area contributed by atoms with Crippen molar-refractivity contribution in [3.63, 3.8) is 0 Å². The smallest absolute Gasteiger partial charge is 0.126 e. The highest BCUT2D eigenvalue weighted by molar-refractivity contribution is 5.72. The van der Waals surface area contributed by atoms with E-state index in [4.69, 9.17) is 5.11 Å². The molecule has 0 aliphatic heterocycles. The highest BCUT2D eigenvalue weighted by Crippen LogP contribution is 1.78. The number of hydrogen-bond donors (Lipinski definition) is 2. The fraction of sp³-hybridized carbons (Fsp3) is 0.857. The van der Waals surface area contributed by atoms with E-state index in [1.807, 2.05) is 0 Å². The Morgan fingerprint density at radius 1 is 1.40 bits per heavy atom. The van der Waals surface area contributed by atoms with Crippen molar-refractivity contribution in [3.8, 4) is 0 Å².